The highest BCUT2D eigenvalue weighted by molar-refractivity contribution is 6.02. The van der Waals surface area contributed by atoms with Crippen molar-refractivity contribution in [3.63, 3.8) is 0 Å². The minimum atomic E-state index is -0.394. The summed E-state index contributed by atoms with van der Waals surface area (Å²) in [5.41, 5.74) is 2.23. The molecule has 1 aliphatic heterocycles. The van der Waals surface area contributed by atoms with Gasteiger partial charge in [0.1, 0.15) is 11.9 Å². The topological polar surface area (TPSA) is 61.9 Å². The first kappa shape index (κ1) is 16.8. The van der Waals surface area contributed by atoms with Crippen LogP contribution in [0.4, 0.5) is 5.69 Å². The van der Waals surface area contributed by atoms with Crippen LogP contribution in [0.5, 0.6) is 5.75 Å². The van der Waals surface area contributed by atoms with Gasteiger partial charge in [0.2, 0.25) is 5.91 Å². The Hall–Kier alpha value is -3.02. The van der Waals surface area contributed by atoms with Gasteiger partial charge in [0.25, 0.3) is 5.91 Å². The first-order valence-corrected chi connectivity index (χ1v) is 8.04. The Labute approximate surface area is 147 Å². The van der Waals surface area contributed by atoms with E-state index < -0.39 is 6.17 Å². The molecule has 0 aliphatic carbocycles. The fourth-order valence-electron chi connectivity index (χ4n) is 3.16. The van der Waals surface area contributed by atoms with Crippen molar-refractivity contribution in [2.45, 2.75) is 6.17 Å². The van der Waals surface area contributed by atoms with Crippen molar-refractivity contribution in [1.82, 2.24) is 10.2 Å². The van der Waals surface area contributed by atoms with E-state index in [0.717, 1.165) is 11.3 Å². The number of likely N-dealkylation sites (N-methyl/N-ethyl adjacent to an activating group) is 1. The second-order valence-electron chi connectivity index (χ2n) is 5.88. The number of ether oxygens (including phenoxy) is 1. The Morgan fingerprint density at radius 1 is 1.20 bits per heavy atom. The number of hydrogen-bond acceptors (Lipinski definition) is 4. The first-order valence-electron chi connectivity index (χ1n) is 8.04. The van der Waals surface area contributed by atoms with Gasteiger partial charge in [0.05, 0.1) is 24.9 Å². The smallest absolute Gasteiger partial charge is 0.257 e. The van der Waals surface area contributed by atoms with Crippen LogP contribution >= 0.6 is 0 Å². The lowest BCUT2D eigenvalue weighted by molar-refractivity contribution is -0.119. The molecule has 0 bridgehead atoms. The van der Waals surface area contributed by atoms with Crippen LogP contribution in [0.25, 0.3) is 0 Å². The van der Waals surface area contributed by atoms with Crippen molar-refractivity contribution in [3.8, 4) is 5.75 Å². The van der Waals surface area contributed by atoms with Crippen LogP contribution in [0.3, 0.4) is 0 Å². The third-order valence-electron chi connectivity index (χ3n) is 4.41. The molecule has 6 heteroatoms. The number of anilines is 1. The summed E-state index contributed by atoms with van der Waals surface area (Å²) in [5.74, 6) is 0.513. The van der Waals surface area contributed by atoms with Crippen LogP contribution in [-0.4, -0.2) is 44.5 Å². The molecular weight excluding hydrogens is 318 g/mol. The zero-order valence-corrected chi connectivity index (χ0v) is 14.5. The van der Waals surface area contributed by atoms with Gasteiger partial charge in [-0.05, 0) is 29.8 Å². The molecule has 2 amide bonds. The van der Waals surface area contributed by atoms with Gasteiger partial charge >= 0.3 is 0 Å². The monoisotopic (exact) mass is 339 g/mol. The fraction of sp³-hybridized carbons (Fsp3) is 0.263. The van der Waals surface area contributed by atoms with Crippen LogP contribution in [-0.2, 0) is 4.79 Å². The van der Waals surface area contributed by atoms with E-state index in [9.17, 15) is 9.59 Å². The predicted octanol–water partition coefficient (Wildman–Crippen LogP) is 2.03. The molecular formula is C19H21N3O3. The summed E-state index contributed by atoms with van der Waals surface area (Å²) < 4.78 is 5.31. The summed E-state index contributed by atoms with van der Waals surface area (Å²) in [6.07, 6.45) is -0.394. The maximum atomic E-state index is 12.8. The standard InChI is InChI=1S/C19H21N3O3/c1-20-17(23)12-22-16-10-5-4-9-15(16)19(24)21(2)18(22)13-7-6-8-14(11-13)25-3/h4-11,18H,12H2,1-3H3,(H,20,23)/t18-/m0/s1. The number of carbonyl (C=O) groups excluding carboxylic acids is 2. The molecule has 0 fully saturated rings. The van der Waals surface area contributed by atoms with Gasteiger partial charge in [-0.15, -0.1) is 0 Å². The van der Waals surface area contributed by atoms with E-state index in [2.05, 4.69) is 5.32 Å². The maximum Gasteiger partial charge on any atom is 0.257 e. The molecule has 0 saturated heterocycles. The molecule has 6 nitrogen and oxygen atoms in total. The van der Waals surface area contributed by atoms with Gasteiger partial charge in [-0.3, -0.25) is 9.59 Å². The van der Waals surface area contributed by atoms with Crippen molar-refractivity contribution in [2.75, 3.05) is 32.6 Å². The molecule has 3 rings (SSSR count). The molecule has 1 atom stereocenters. The Morgan fingerprint density at radius 2 is 1.96 bits per heavy atom. The normalized spacial score (nSPS) is 16.4. The zero-order valence-electron chi connectivity index (χ0n) is 14.5. The third-order valence-corrected chi connectivity index (χ3v) is 4.41. The van der Waals surface area contributed by atoms with Crippen molar-refractivity contribution < 1.29 is 14.3 Å². The number of nitrogens with one attached hydrogen (secondary N) is 1. The van der Waals surface area contributed by atoms with Gasteiger partial charge < -0.3 is 19.9 Å². The average molecular weight is 339 g/mol. The summed E-state index contributed by atoms with van der Waals surface area (Å²) in [6.45, 7) is 0.146. The van der Waals surface area contributed by atoms with Crippen molar-refractivity contribution >= 4 is 17.5 Å². The predicted molar refractivity (Wildman–Crippen MR) is 95.7 cm³/mol. The summed E-state index contributed by atoms with van der Waals surface area (Å²) in [7, 11) is 4.96. The van der Waals surface area contributed by atoms with Gasteiger partial charge in [0.15, 0.2) is 0 Å². The number of rotatable bonds is 4. The molecule has 0 saturated carbocycles. The summed E-state index contributed by atoms with van der Waals surface area (Å²) in [6, 6.07) is 14.9. The highest BCUT2D eigenvalue weighted by atomic mass is 16.5. The van der Waals surface area contributed by atoms with E-state index in [1.54, 1.807) is 32.2 Å². The number of carbonyl (C=O) groups is 2. The molecule has 1 aliphatic rings. The van der Waals surface area contributed by atoms with Gasteiger partial charge in [0, 0.05) is 14.1 Å². The van der Waals surface area contributed by atoms with Crippen LogP contribution in [0.1, 0.15) is 22.1 Å². The average Bonchev–Trinajstić information content (AvgIpc) is 2.66. The molecule has 0 aromatic heterocycles. The number of fused-ring (bicyclic) bond motifs is 1. The Morgan fingerprint density at radius 3 is 2.68 bits per heavy atom. The fourth-order valence-corrected chi connectivity index (χ4v) is 3.16. The quantitative estimate of drug-likeness (QED) is 0.926. The lowest BCUT2D eigenvalue weighted by Crippen LogP contribution is -2.50. The largest absolute Gasteiger partial charge is 0.497 e. The summed E-state index contributed by atoms with van der Waals surface area (Å²) in [5, 5.41) is 2.65. The van der Waals surface area contributed by atoms with E-state index in [1.165, 1.54) is 0 Å². The lowest BCUT2D eigenvalue weighted by Gasteiger charge is -2.44. The number of hydrogen-bond donors (Lipinski definition) is 1. The maximum absolute atomic E-state index is 12.8. The third kappa shape index (κ3) is 3.03. The van der Waals surface area contributed by atoms with Gasteiger partial charge in [-0.25, -0.2) is 0 Å². The molecule has 1 N–H and O–H groups in total. The second-order valence-corrected chi connectivity index (χ2v) is 5.88. The minimum Gasteiger partial charge on any atom is -0.497 e. The van der Waals surface area contributed by atoms with E-state index in [4.69, 9.17) is 4.74 Å². The number of nitrogens with zero attached hydrogens (tertiary/aromatic N) is 2. The SMILES string of the molecule is CNC(=O)CN1c2ccccc2C(=O)N(C)[C@@H]1c1cccc(OC)c1. The van der Waals surface area contributed by atoms with E-state index in [-0.39, 0.29) is 18.4 Å². The second kappa shape index (κ2) is 6.84. The zero-order chi connectivity index (χ0) is 18.0. The molecule has 0 radical (unpaired) electrons. The lowest BCUT2D eigenvalue weighted by atomic mass is 10.0. The van der Waals surface area contributed by atoms with Crippen LogP contribution < -0.4 is 15.0 Å². The molecule has 25 heavy (non-hydrogen) atoms. The highest BCUT2D eigenvalue weighted by Gasteiger charge is 2.37. The van der Waals surface area contributed by atoms with Crippen molar-refractivity contribution in [3.05, 3.63) is 59.7 Å². The van der Waals surface area contributed by atoms with Crippen LogP contribution in [0.15, 0.2) is 48.5 Å². The van der Waals surface area contributed by atoms with Gasteiger partial charge in [-0.1, -0.05) is 24.3 Å². The Bertz CT molecular complexity index is 806. The Balaban J connectivity index is 2.13. The molecule has 1 heterocycles. The van der Waals surface area contributed by atoms with Crippen LogP contribution in [0.2, 0.25) is 0 Å². The molecule has 0 unspecified atom stereocenters. The first-order chi connectivity index (χ1) is 12.1. The van der Waals surface area contributed by atoms with Gasteiger partial charge in [-0.2, -0.15) is 0 Å². The number of methoxy groups -OCH3 is 1. The molecule has 2 aromatic rings. The number of amides is 2. The minimum absolute atomic E-state index is 0.0726. The van der Waals surface area contributed by atoms with E-state index >= 15 is 0 Å². The molecule has 0 spiro atoms. The number of benzene rings is 2. The Kier molecular flexibility index (Phi) is 4.61. The molecule has 2 aromatic carbocycles. The van der Waals surface area contributed by atoms with E-state index in [1.807, 2.05) is 47.4 Å². The molecule has 130 valence electrons. The summed E-state index contributed by atoms with van der Waals surface area (Å²) >= 11 is 0. The number of para-hydroxylation sites is 1. The van der Waals surface area contributed by atoms with Crippen molar-refractivity contribution in [1.29, 1.82) is 0 Å². The van der Waals surface area contributed by atoms with Crippen LogP contribution in [0, 0.1) is 0 Å². The van der Waals surface area contributed by atoms with E-state index in [0.29, 0.717) is 11.3 Å². The highest BCUT2D eigenvalue weighted by Crippen LogP contribution is 2.38. The summed E-state index contributed by atoms with van der Waals surface area (Å²) in [4.78, 5) is 28.5. The van der Waals surface area contributed by atoms with Crippen molar-refractivity contribution in [2.24, 2.45) is 0 Å².